The Balaban J connectivity index is 1.83. The van der Waals surface area contributed by atoms with Crippen molar-refractivity contribution in [1.82, 2.24) is 14.4 Å². The first-order valence-electron chi connectivity index (χ1n) is 8.49. The van der Waals surface area contributed by atoms with E-state index in [-0.39, 0.29) is 16.5 Å². The van der Waals surface area contributed by atoms with Crippen LogP contribution >= 0.6 is 22.9 Å². The summed E-state index contributed by atoms with van der Waals surface area (Å²) in [4.78, 5) is 33.5. The Labute approximate surface area is 174 Å². The van der Waals surface area contributed by atoms with Crippen LogP contribution in [0.15, 0.2) is 55.0 Å². The highest BCUT2D eigenvalue weighted by Crippen LogP contribution is 2.34. The molecule has 0 aliphatic carbocycles. The third kappa shape index (κ3) is 3.67. The lowest BCUT2D eigenvalue weighted by atomic mass is 10.1. The predicted octanol–water partition coefficient (Wildman–Crippen LogP) is 5.22. The largest absolute Gasteiger partial charge is 0.290 e. The molecule has 0 saturated heterocycles. The molecule has 0 bridgehead atoms. The number of thiazole rings is 1. The number of carbonyl (C=O) groups excluding carboxylic acids is 1. The van der Waals surface area contributed by atoms with Crippen molar-refractivity contribution in [1.29, 1.82) is 0 Å². The van der Waals surface area contributed by atoms with Gasteiger partial charge in [0, 0.05) is 40.7 Å². The quantitative estimate of drug-likeness (QED) is 0.189. The van der Waals surface area contributed by atoms with E-state index in [2.05, 4.69) is 9.97 Å². The van der Waals surface area contributed by atoms with Gasteiger partial charge in [0.25, 0.3) is 5.69 Å². The van der Waals surface area contributed by atoms with Crippen LogP contribution in [0, 0.1) is 17.0 Å². The van der Waals surface area contributed by atoms with Crippen LogP contribution < -0.4 is 0 Å². The number of aryl methyl sites for hydroxylation is 1. The molecule has 0 aliphatic heterocycles. The number of fused-ring (bicyclic) bond motifs is 1. The molecule has 29 heavy (non-hydrogen) atoms. The molecule has 0 unspecified atom stereocenters. The first-order chi connectivity index (χ1) is 13.9. The second kappa shape index (κ2) is 7.57. The summed E-state index contributed by atoms with van der Waals surface area (Å²) in [7, 11) is 0. The van der Waals surface area contributed by atoms with E-state index in [1.54, 1.807) is 36.7 Å². The highest BCUT2D eigenvalue weighted by atomic mass is 35.5. The number of carbonyl (C=O) groups is 1. The fourth-order valence-corrected chi connectivity index (χ4v) is 3.93. The molecular formula is C20H13ClN4O3S. The molecular weight excluding hydrogens is 412 g/mol. The van der Waals surface area contributed by atoms with E-state index in [9.17, 15) is 14.9 Å². The van der Waals surface area contributed by atoms with Crippen LogP contribution in [0.2, 0.25) is 5.02 Å². The number of halogens is 1. The summed E-state index contributed by atoms with van der Waals surface area (Å²) >= 11 is 7.43. The van der Waals surface area contributed by atoms with E-state index < -0.39 is 4.92 Å². The van der Waals surface area contributed by atoms with Gasteiger partial charge in [-0.25, -0.2) is 4.98 Å². The molecule has 9 heteroatoms. The van der Waals surface area contributed by atoms with Gasteiger partial charge in [0.15, 0.2) is 10.7 Å². The molecule has 3 heterocycles. The molecule has 0 fully saturated rings. The van der Waals surface area contributed by atoms with Crippen LogP contribution in [0.25, 0.3) is 22.3 Å². The van der Waals surface area contributed by atoms with E-state index >= 15 is 0 Å². The van der Waals surface area contributed by atoms with Gasteiger partial charge in [0.1, 0.15) is 5.02 Å². The van der Waals surface area contributed by atoms with Gasteiger partial charge in [-0.1, -0.05) is 17.7 Å². The summed E-state index contributed by atoms with van der Waals surface area (Å²) in [6.07, 6.45) is 8.15. The first kappa shape index (κ1) is 19.0. The zero-order valence-electron chi connectivity index (χ0n) is 15.1. The summed E-state index contributed by atoms with van der Waals surface area (Å²) in [6.45, 7) is 1.96. The number of imidazole rings is 1. The second-order valence-corrected chi connectivity index (χ2v) is 7.82. The molecule has 4 aromatic rings. The average Bonchev–Trinajstić information content (AvgIpc) is 3.23. The van der Waals surface area contributed by atoms with Crippen molar-refractivity contribution in [2.24, 2.45) is 0 Å². The number of aromatic nitrogens is 3. The van der Waals surface area contributed by atoms with Gasteiger partial charge >= 0.3 is 0 Å². The molecule has 4 rings (SSSR count). The summed E-state index contributed by atoms with van der Waals surface area (Å²) < 4.78 is 1.87. The number of allylic oxidation sites excluding steroid dienone is 1. The second-order valence-electron chi connectivity index (χ2n) is 6.20. The van der Waals surface area contributed by atoms with E-state index in [0.29, 0.717) is 22.5 Å². The summed E-state index contributed by atoms with van der Waals surface area (Å²) in [5, 5.41) is 11.3. The molecule has 0 aliphatic rings. The molecule has 144 valence electrons. The van der Waals surface area contributed by atoms with Crippen LogP contribution in [-0.4, -0.2) is 25.1 Å². The summed E-state index contributed by atoms with van der Waals surface area (Å²) in [5.74, 6) is -0.178. The van der Waals surface area contributed by atoms with Crippen molar-refractivity contribution in [3.05, 3.63) is 86.3 Å². The van der Waals surface area contributed by atoms with Crippen molar-refractivity contribution < 1.29 is 9.72 Å². The Kier molecular flexibility index (Phi) is 4.96. The normalized spacial score (nSPS) is 11.4. The van der Waals surface area contributed by atoms with Crippen molar-refractivity contribution in [2.45, 2.75) is 6.92 Å². The number of ketones is 1. The van der Waals surface area contributed by atoms with Crippen LogP contribution in [0.1, 0.15) is 20.9 Å². The fraction of sp³-hybridized carbons (Fsp3) is 0.0500. The Morgan fingerprint density at radius 3 is 2.76 bits per heavy atom. The Morgan fingerprint density at radius 2 is 2.03 bits per heavy atom. The number of hydrogen-bond donors (Lipinski definition) is 0. The first-order valence-corrected chi connectivity index (χ1v) is 9.69. The van der Waals surface area contributed by atoms with Gasteiger partial charge < -0.3 is 0 Å². The van der Waals surface area contributed by atoms with Crippen molar-refractivity contribution in [2.75, 3.05) is 0 Å². The van der Waals surface area contributed by atoms with E-state index in [0.717, 1.165) is 9.84 Å². The SMILES string of the molecule is Cc1cn2c(/C=C/C(=O)c3ccncc3)c(-c3ccc(Cl)c([N+](=O)[O-])c3)nc2s1. The van der Waals surface area contributed by atoms with Gasteiger partial charge in [0.05, 0.1) is 16.3 Å². The van der Waals surface area contributed by atoms with E-state index in [4.69, 9.17) is 11.6 Å². The Hall–Kier alpha value is -3.36. The molecule has 0 radical (unpaired) electrons. The number of pyridine rings is 1. The van der Waals surface area contributed by atoms with Gasteiger partial charge in [-0.3, -0.25) is 24.3 Å². The van der Waals surface area contributed by atoms with Crippen LogP contribution in [0.4, 0.5) is 5.69 Å². The smallest absolute Gasteiger partial charge is 0.288 e. The summed E-state index contributed by atoms with van der Waals surface area (Å²) in [5.41, 5.74) is 2.06. The van der Waals surface area contributed by atoms with Crippen molar-refractivity contribution >= 4 is 45.4 Å². The zero-order valence-corrected chi connectivity index (χ0v) is 16.6. The number of nitro groups is 1. The topological polar surface area (TPSA) is 90.4 Å². The van der Waals surface area contributed by atoms with Gasteiger partial charge in [0.2, 0.25) is 0 Å². The van der Waals surface area contributed by atoms with Gasteiger partial charge in [-0.05, 0) is 37.3 Å². The highest BCUT2D eigenvalue weighted by molar-refractivity contribution is 7.17. The third-order valence-corrected chi connectivity index (χ3v) is 5.47. The maximum atomic E-state index is 12.5. The standard InChI is InChI=1S/C20H13ClN4O3S/c1-12-11-24-16(4-5-18(26)13-6-8-22-9-7-13)19(23-20(24)29-12)14-2-3-15(21)17(10-14)25(27)28/h2-11H,1H3/b5-4+. The number of nitro benzene ring substituents is 1. The number of rotatable bonds is 5. The van der Waals surface area contributed by atoms with Crippen molar-refractivity contribution in [3.8, 4) is 11.3 Å². The third-order valence-electron chi connectivity index (χ3n) is 4.25. The molecule has 0 amide bonds. The zero-order chi connectivity index (χ0) is 20.5. The average molecular weight is 425 g/mol. The maximum absolute atomic E-state index is 12.5. The minimum atomic E-state index is -0.531. The molecule has 0 spiro atoms. The minimum Gasteiger partial charge on any atom is -0.290 e. The number of benzene rings is 1. The predicted molar refractivity (Wildman–Crippen MR) is 113 cm³/mol. The molecule has 0 saturated carbocycles. The van der Waals surface area contributed by atoms with E-state index in [1.807, 2.05) is 17.5 Å². The van der Waals surface area contributed by atoms with E-state index in [1.165, 1.54) is 29.5 Å². The fourth-order valence-electron chi connectivity index (χ4n) is 2.91. The highest BCUT2D eigenvalue weighted by Gasteiger charge is 2.19. The van der Waals surface area contributed by atoms with Crippen LogP contribution in [-0.2, 0) is 0 Å². The maximum Gasteiger partial charge on any atom is 0.288 e. The van der Waals surface area contributed by atoms with Crippen molar-refractivity contribution in [3.63, 3.8) is 0 Å². The number of hydrogen-bond acceptors (Lipinski definition) is 6. The van der Waals surface area contributed by atoms with Crippen LogP contribution in [0.3, 0.4) is 0 Å². The van der Waals surface area contributed by atoms with Gasteiger partial charge in [-0.15, -0.1) is 11.3 Å². The molecule has 7 nitrogen and oxygen atoms in total. The molecule has 3 aromatic heterocycles. The number of nitrogens with zero attached hydrogens (tertiary/aromatic N) is 4. The van der Waals surface area contributed by atoms with Gasteiger partial charge in [-0.2, -0.15) is 0 Å². The molecule has 0 N–H and O–H groups in total. The summed E-state index contributed by atoms with van der Waals surface area (Å²) in [6, 6.07) is 7.82. The lowest BCUT2D eigenvalue weighted by Gasteiger charge is -2.02. The lowest BCUT2D eigenvalue weighted by molar-refractivity contribution is -0.384. The molecule has 0 atom stereocenters. The molecule has 1 aromatic carbocycles. The van der Waals surface area contributed by atoms with Crippen LogP contribution in [0.5, 0.6) is 0 Å². The lowest BCUT2D eigenvalue weighted by Crippen LogP contribution is -1.95. The Morgan fingerprint density at radius 1 is 1.28 bits per heavy atom. The monoisotopic (exact) mass is 424 g/mol. The Bertz CT molecular complexity index is 1280. The minimum absolute atomic E-state index is 0.0561.